The van der Waals surface area contributed by atoms with Crippen molar-refractivity contribution in [1.82, 2.24) is 19.4 Å². The molecule has 0 saturated carbocycles. The van der Waals surface area contributed by atoms with Crippen molar-refractivity contribution in [2.75, 3.05) is 27.3 Å². The van der Waals surface area contributed by atoms with E-state index in [-0.39, 0.29) is 31.6 Å². The number of nitrogens with zero attached hydrogens (tertiary/aromatic N) is 3. The Morgan fingerprint density at radius 3 is 2.25 bits per heavy atom. The Morgan fingerprint density at radius 1 is 0.864 bits per heavy atom. The second-order valence-electron chi connectivity index (χ2n) is 10.8. The fourth-order valence-electron chi connectivity index (χ4n) is 5.54. The number of hydrogen-bond donors (Lipinski definition) is 1. The predicted molar refractivity (Wildman–Crippen MR) is 165 cm³/mol. The van der Waals surface area contributed by atoms with E-state index < -0.39 is 17.3 Å². The van der Waals surface area contributed by atoms with Gasteiger partial charge in [-0.3, -0.25) is 18.7 Å². The Bertz CT molecular complexity index is 1770. The Kier molecular flexibility index (Phi) is 9.32. The molecule has 11 heteroatoms. The largest absolute Gasteiger partial charge is 0.493 e. The molecule has 0 spiro atoms. The maximum Gasteiger partial charge on any atom is 0.410 e. The Hall–Kier alpha value is -5.06. The van der Waals surface area contributed by atoms with Crippen LogP contribution >= 0.6 is 0 Å². The van der Waals surface area contributed by atoms with Gasteiger partial charge >= 0.3 is 11.8 Å². The zero-order valence-electron chi connectivity index (χ0n) is 25.1. The van der Waals surface area contributed by atoms with Crippen LogP contribution in [-0.4, -0.2) is 53.3 Å². The normalized spacial score (nSPS) is 13.5. The summed E-state index contributed by atoms with van der Waals surface area (Å²) in [5.41, 5.74) is 1.99. The topological polar surface area (TPSA) is 121 Å². The van der Waals surface area contributed by atoms with Gasteiger partial charge in [0.25, 0.3) is 5.56 Å². The first kappa shape index (κ1) is 30.4. The van der Waals surface area contributed by atoms with Gasteiger partial charge in [-0.1, -0.05) is 42.5 Å². The second-order valence-corrected chi connectivity index (χ2v) is 10.8. The molecule has 1 fully saturated rings. The van der Waals surface area contributed by atoms with Gasteiger partial charge in [0.15, 0.2) is 11.5 Å². The Morgan fingerprint density at radius 2 is 1.57 bits per heavy atom. The van der Waals surface area contributed by atoms with Crippen LogP contribution in [0.15, 0.2) is 76.3 Å². The molecule has 0 unspecified atom stereocenters. The predicted octanol–water partition coefficient (Wildman–Crippen LogP) is 3.84. The lowest BCUT2D eigenvalue weighted by atomic mass is 10.0. The van der Waals surface area contributed by atoms with Crippen LogP contribution < -0.4 is 26.0 Å². The average Bonchev–Trinajstić information content (AvgIpc) is 3.05. The third kappa shape index (κ3) is 6.61. The zero-order valence-corrected chi connectivity index (χ0v) is 25.1. The molecular weight excluding hydrogens is 564 g/mol. The fourth-order valence-corrected chi connectivity index (χ4v) is 5.54. The van der Waals surface area contributed by atoms with Gasteiger partial charge in [-0.05, 0) is 53.8 Å². The van der Waals surface area contributed by atoms with Crippen LogP contribution in [0.5, 0.6) is 11.5 Å². The van der Waals surface area contributed by atoms with Crippen LogP contribution in [0.4, 0.5) is 4.79 Å². The van der Waals surface area contributed by atoms with Gasteiger partial charge in [-0.2, -0.15) is 0 Å². The molecule has 0 aliphatic carbocycles. The number of aromatic nitrogens is 2. The number of benzene rings is 3. The molecule has 0 bridgehead atoms. The first-order chi connectivity index (χ1) is 21.3. The van der Waals surface area contributed by atoms with Crippen LogP contribution in [-0.2, 0) is 29.2 Å². The maximum absolute atomic E-state index is 14.1. The van der Waals surface area contributed by atoms with Gasteiger partial charge in [0.05, 0.1) is 31.7 Å². The Labute approximate surface area is 254 Å². The van der Waals surface area contributed by atoms with E-state index in [2.05, 4.69) is 5.32 Å². The zero-order chi connectivity index (χ0) is 31.2. The smallest absolute Gasteiger partial charge is 0.410 e. The highest BCUT2D eigenvalue weighted by molar-refractivity contribution is 5.79. The summed E-state index contributed by atoms with van der Waals surface area (Å²) in [4.78, 5) is 53.8. The minimum absolute atomic E-state index is 0.0224. The number of methoxy groups -OCH3 is 2. The molecule has 2 amide bonds. The highest BCUT2D eigenvalue weighted by Crippen LogP contribution is 2.28. The molecule has 2 heterocycles. The number of fused-ring (bicyclic) bond motifs is 1. The number of ether oxygens (including phenoxy) is 3. The molecule has 1 N–H and O–H groups in total. The molecule has 1 aliphatic rings. The molecular formula is C33H36N4O7. The van der Waals surface area contributed by atoms with Crippen LogP contribution in [0.2, 0.25) is 0 Å². The first-order valence-corrected chi connectivity index (χ1v) is 14.5. The number of carbonyl (C=O) groups is 2. The van der Waals surface area contributed by atoms with E-state index in [0.29, 0.717) is 53.9 Å². The highest BCUT2D eigenvalue weighted by Gasteiger charge is 2.28. The molecule has 0 atom stereocenters. The summed E-state index contributed by atoms with van der Waals surface area (Å²) in [5, 5.41) is 3.13. The number of carbonyl (C=O) groups excluding carboxylic acids is 2. The van der Waals surface area contributed by atoms with E-state index in [4.69, 9.17) is 14.2 Å². The van der Waals surface area contributed by atoms with Gasteiger partial charge in [0.2, 0.25) is 5.91 Å². The van der Waals surface area contributed by atoms with Crippen LogP contribution in [0.25, 0.3) is 10.9 Å². The Balaban J connectivity index is 1.46. The van der Waals surface area contributed by atoms with E-state index >= 15 is 0 Å². The number of nitrogens with one attached hydrogen (secondary N) is 1. The molecule has 1 aliphatic heterocycles. The van der Waals surface area contributed by atoms with Crippen molar-refractivity contribution in [3.63, 3.8) is 0 Å². The molecule has 44 heavy (non-hydrogen) atoms. The minimum atomic E-state index is -0.433. The molecule has 11 nitrogen and oxygen atoms in total. The number of likely N-dealkylation sites (tertiary alicyclic amines) is 1. The van der Waals surface area contributed by atoms with Crippen LogP contribution in [0, 0.1) is 0 Å². The highest BCUT2D eigenvalue weighted by atomic mass is 16.6. The summed E-state index contributed by atoms with van der Waals surface area (Å²) in [7, 11) is 3.06. The van der Waals surface area contributed by atoms with Crippen molar-refractivity contribution in [2.45, 2.75) is 45.5 Å². The first-order valence-electron chi connectivity index (χ1n) is 14.5. The van der Waals surface area contributed by atoms with E-state index in [1.54, 1.807) is 39.8 Å². The standard InChI is InChI=1S/C33H36N4O7/c1-22(38)34-19-24-9-11-28-27(17-24)31(39)36(20-25-10-12-29(42-2)30(18-25)43-3)32(40)37(28)26-13-15-35(16-14-26)33(41)44-21-23-7-5-4-6-8-23/h4-12,17-18,26H,13-16,19-21H2,1-3H3,(H,34,38). The molecule has 3 aromatic carbocycles. The quantitative estimate of drug-likeness (QED) is 0.310. The van der Waals surface area contributed by atoms with E-state index in [1.165, 1.54) is 25.7 Å². The molecule has 0 radical (unpaired) electrons. The molecule has 1 aromatic heterocycles. The SMILES string of the molecule is COc1ccc(Cn2c(=O)c3cc(CNC(C)=O)ccc3n(C3CCN(C(=O)OCc4ccccc4)CC3)c2=O)cc1OC. The lowest BCUT2D eigenvalue weighted by molar-refractivity contribution is -0.119. The summed E-state index contributed by atoms with van der Waals surface area (Å²) < 4.78 is 19.2. The van der Waals surface area contributed by atoms with Crippen LogP contribution in [0.3, 0.4) is 0 Å². The van der Waals surface area contributed by atoms with E-state index in [9.17, 15) is 19.2 Å². The van der Waals surface area contributed by atoms with Crippen molar-refractivity contribution in [3.05, 3.63) is 104 Å². The summed E-state index contributed by atoms with van der Waals surface area (Å²) in [6.45, 7) is 2.70. The van der Waals surface area contributed by atoms with Gasteiger partial charge in [0, 0.05) is 32.6 Å². The fraction of sp³-hybridized carbons (Fsp3) is 0.333. The number of amides is 2. The maximum atomic E-state index is 14.1. The van der Waals surface area contributed by atoms with Gasteiger partial charge < -0.3 is 24.4 Å². The number of piperidine rings is 1. The van der Waals surface area contributed by atoms with Gasteiger partial charge in [0.1, 0.15) is 6.61 Å². The summed E-state index contributed by atoms with van der Waals surface area (Å²) in [6, 6.07) is 19.8. The third-order valence-electron chi connectivity index (χ3n) is 7.86. The molecule has 230 valence electrons. The van der Waals surface area contributed by atoms with Gasteiger partial charge in [-0.25, -0.2) is 9.59 Å². The molecule has 1 saturated heterocycles. The van der Waals surface area contributed by atoms with Crippen molar-refractivity contribution >= 4 is 22.9 Å². The lowest BCUT2D eigenvalue weighted by Gasteiger charge is -2.33. The average molecular weight is 601 g/mol. The third-order valence-corrected chi connectivity index (χ3v) is 7.86. The summed E-state index contributed by atoms with van der Waals surface area (Å²) in [6.07, 6.45) is 0.625. The number of hydrogen-bond acceptors (Lipinski definition) is 7. The monoisotopic (exact) mass is 600 g/mol. The number of rotatable bonds is 9. The van der Waals surface area contributed by atoms with Crippen molar-refractivity contribution < 1.29 is 23.8 Å². The van der Waals surface area contributed by atoms with Crippen LogP contribution in [0.1, 0.15) is 42.5 Å². The van der Waals surface area contributed by atoms with Crippen molar-refractivity contribution in [2.24, 2.45) is 0 Å². The summed E-state index contributed by atoms with van der Waals surface area (Å²) in [5.74, 6) is 0.842. The second kappa shape index (κ2) is 13.5. The lowest BCUT2D eigenvalue weighted by Crippen LogP contribution is -2.45. The van der Waals surface area contributed by atoms with Gasteiger partial charge in [-0.15, -0.1) is 0 Å². The van der Waals surface area contributed by atoms with Crippen molar-refractivity contribution in [1.29, 1.82) is 0 Å². The van der Waals surface area contributed by atoms with E-state index in [1.807, 2.05) is 36.4 Å². The summed E-state index contributed by atoms with van der Waals surface area (Å²) >= 11 is 0. The minimum Gasteiger partial charge on any atom is -0.493 e. The molecule has 5 rings (SSSR count). The molecule has 4 aromatic rings. The van der Waals surface area contributed by atoms with Crippen molar-refractivity contribution in [3.8, 4) is 11.5 Å². The van der Waals surface area contributed by atoms with E-state index in [0.717, 1.165) is 11.1 Å².